The standard InChI is InChI=1S/C10H16N2O/c1-8-7-9(11-12(8)2)3-4-10(13)5-6-10/h7,13H,3-6H2,1-2H3. The first-order valence-corrected chi connectivity index (χ1v) is 4.81. The van der Waals surface area contributed by atoms with E-state index in [1.165, 1.54) is 5.69 Å². The van der Waals surface area contributed by atoms with Crippen LogP contribution < -0.4 is 0 Å². The zero-order chi connectivity index (χ0) is 9.47. The summed E-state index contributed by atoms with van der Waals surface area (Å²) in [6, 6.07) is 2.09. The lowest BCUT2D eigenvalue weighted by Crippen LogP contribution is -2.08. The SMILES string of the molecule is Cc1cc(CCC2(O)CC2)nn1C. The average molecular weight is 180 g/mol. The lowest BCUT2D eigenvalue weighted by atomic mass is 10.1. The minimum atomic E-state index is -0.342. The molecule has 0 amide bonds. The Bertz CT molecular complexity index is 293. The Balaban J connectivity index is 1.94. The number of nitrogens with zero attached hydrogens (tertiary/aromatic N) is 2. The number of aryl methyl sites for hydroxylation is 3. The highest BCUT2D eigenvalue weighted by molar-refractivity contribution is 5.10. The van der Waals surface area contributed by atoms with Gasteiger partial charge in [0, 0.05) is 12.7 Å². The smallest absolute Gasteiger partial charge is 0.0653 e. The van der Waals surface area contributed by atoms with E-state index in [0.29, 0.717) is 0 Å². The van der Waals surface area contributed by atoms with Crippen molar-refractivity contribution < 1.29 is 5.11 Å². The fourth-order valence-electron chi connectivity index (χ4n) is 1.51. The van der Waals surface area contributed by atoms with Crippen molar-refractivity contribution in [2.75, 3.05) is 0 Å². The first kappa shape index (κ1) is 8.75. The molecular formula is C10H16N2O. The van der Waals surface area contributed by atoms with Crippen molar-refractivity contribution in [3.05, 3.63) is 17.5 Å². The van der Waals surface area contributed by atoms with Crippen LogP contribution in [0.3, 0.4) is 0 Å². The Labute approximate surface area is 78.4 Å². The first-order chi connectivity index (χ1) is 6.09. The predicted octanol–water partition coefficient (Wildman–Crippen LogP) is 1.19. The summed E-state index contributed by atoms with van der Waals surface area (Å²) >= 11 is 0. The molecule has 0 spiro atoms. The zero-order valence-corrected chi connectivity index (χ0v) is 8.25. The van der Waals surface area contributed by atoms with Crippen LogP contribution >= 0.6 is 0 Å². The van der Waals surface area contributed by atoms with Crippen molar-refractivity contribution in [2.45, 2.75) is 38.2 Å². The Hall–Kier alpha value is -0.830. The quantitative estimate of drug-likeness (QED) is 0.758. The molecule has 0 aromatic carbocycles. The van der Waals surface area contributed by atoms with E-state index in [-0.39, 0.29) is 5.60 Å². The van der Waals surface area contributed by atoms with Crippen LogP contribution in [0.1, 0.15) is 30.7 Å². The van der Waals surface area contributed by atoms with Gasteiger partial charge in [0.15, 0.2) is 0 Å². The first-order valence-electron chi connectivity index (χ1n) is 4.81. The van der Waals surface area contributed by atoms with Crippen molar-refractivity contribution in [1.29, 1.82) is 0 Å². The molecule has 1 fully saturated rings. The largest absolute Gasteiger partial charge is 0.390 e. The summed E-state index contributed by atoms with van der Waals surface area (Å²) in [6.45, 7) is 2.04. The van der Waals surface area contributed by atoms with E-state index in [1.807, 2.05) is 18.7 Å². The highest BCUT2D eigenvalue weighted by atomic mass is 16.3. The molecule has 1 aliphatic carbocycles. The average Bonchev–Trinajstić information content (AvgIpc) is 2.72. The van der Waals surface area contributed by atoms with Crippen molar-refractivity contribution in [3.63, 3.8) is 0 Å². The zero-order valence-electron chi connectivity index (χ0n) is 8.25. The monoisotopic (exact) mass is 180 g/mol. The van der Waals surface area contributed by atoms with E-state index in [9.17, 15) is 5.11 Å². The van der Waals surface area contributed by atoms with Gasteiger partial charge < -0.3 is 5.11 Å². The third-order valence-corrected chi connectivity index (χ3v) is 2.84. The molecular weight excluding hydrogens is 164 g/mol. The van der Waals surface area contributed by atoms with Crippen LogP contribution in [0.2, 0.25) is 0 Å². The van der Waals surface area contributed by atoms with Crippen molar-refractivity contribution >= 4 is 0 Å². The van der Waals surface area contributed by atoms with E-state index in [4.69, 9.17) is 0 Å². The minimum Gasteiger partial charge on any atom is -0.390 e. The molecule has 1 saturated carbocycles. The van der Waals surface area contributed by atoms with E-state index in [2.05, 4.69) is 11.2 Å². The summed E-state index contributed by atoms with van der Waals surface area (Å²) in [4.78, 5) is 0. The Morgan fingerprint density at radius 3 is 2.77 bits per heavy atom. The number of hydrogen-bond donors (Lipinski definition) is 1. The second-order valence-corrected chi connectivity index (χ2v) is 4.13. The summed E-state index contributed by atoms with van der Waals surface area (Å²) in [5.74, 6) is 0. The fourth-order valence-corrected chi connectivity index (χ4v) is 1.51. The van der Waals surface area contributed by atoms with E-state index in [1.54, 1.807) is 0 Å². The van der Waals surface area contributed by atoms with Gasteiger partial charge in [0.05, 0.1) is 11.3 Å². The molecule has 72 valence electrons. The highest BCUT2D eigenvalue weighted by Gasteiger charge is 2.39. The summed E-state index contributed by atoms with van der Waals surface area (Å²) in [7, 11) is 1.95. The van der Waals surface area contributed by atoms with Gasteiger partial charge in [-0.3, -0.25) is 4.68 Å². The van der Waals surface area contributed by atoms with Gasteiger partial charge in [0.2, 0.25) is 0 Å². The van der Waals surface area contributed by atoms with Gasteiger partial charge in [-0.25, -0.2) is 0 Å². The lowest BCUT2D eigenvalue weighted by molar-refractivity contribution is 0.140. The maximum Gasteiger partial charge on any atom is 0.0653 e. The van der Waals surface area contributed by atoms with Gasteiger partial charge >= 0.3 is 0 Å². The molecule has 1 N–H and O–H groups in total. The molecule has 0 radical (unpaired) electrons. The Morgan fingerprint density at radius 2 is 2.31 bits per heavy atom. The molecule has 0 atom stereocenters. The van der Waals surface area contributed by atoms with Crippen LogP contribution in [-0.2, 0) is 13.5 Å². The van der Waals surface area contributed by atoms with Gasteiger partial charge in [-0.15, -0.1) is 0 Å². The van der Waals surface area contributed by atoms with Gasteiger partial charge in [0.1, 0.15) is 0 Å². The molecule has 2 rings (SSSR count). The molecule has 13 heavy (non-hydrogen) atoms. The number of aromatic nitrogens is 2. The van der Waals surface area contributed by atoms with E-state index >= 15 is 0 Å². The predicted molar refractivity (Wildman–Crippen MR) is 50.4 cm³/mol. The molecule has 1 aromatic rings. The van der Waals surface area contributed by atoms with E-state index in [0.717, 1.165) is 31.4 Å². The summed E-state index contributed by atoms with van der Waals surface area (Å²) in [5, 5.41) is 14.0. The molecule has 1 aromatic heterocycles. The van der Waals surface area contributed by atoms with E-state index < -0.39 is 0 Å². The second kappa shape index (κ2) is 2.84. The number of hydrogen-bond acceptors (Lipinski definition) is 2. The van der Waals surface area contributed by atoms with Gasteiger partial charge in [-0.05, 0) is 38.7 Å². The van der Waals surface area contributed by atoms with Crippen LogP contribution in [0.15, 0.2) is 6.07 Å². The van der Waals surface area contributed by atoms with Crippen LogP contribution in [0.4, 0.5) is 0 Å². The molecule has 0 aliphatic heterocycles. The molecule has 3 heteroatoms. The fraction of sp³-hybridized carbons (Fsp3) is 0.700. The molecule has 1 aliphatic rings. The van der Waals surface area contributed by atoms with Crippen molar-refractivity contribution in [3.8, 4) is 0 Å². The van der Waals surface area contributed by atoms with Crippen LogP contribution in [-0.4, -0.2) is 20.5 Å². The third kappa shape index (κ3) is 1.91. The van der Waals surface area contributed by atoms with Crippen LogP contribution in [0, 0.1) is 6.92 Å². The van der Waals surface area contributed by atoms with Crippen molar-refractivity contribution in [1.82, 2.24) is 9.78 Å². The summed E-state index contributed by atoms with van der Waals surface area (Å²) < 4.78 is 1.88. The number of aliphatic hydroxyl groups is 1. The maximum atomic E-state index is 9.63. The summed E-state index contributed by atoms with van der Waals surface area (Å²) in [5.41, 5.74) is 1.93. The second-order valence-electron chi connectivity index (χ2n) is 4.13. The summed E-state index contributed by atoms with van der Waals surface area (Å²) in [6.07, 6.45) is 3.71. The molecule has 0 unspecified atom stereocenters. The van der Waals surface area contributed by atoms with Crippen LogP contribution in [0.5, 0.6) is 0 Å². The lowest BCUT2D eigenvalue weighted by Gasteiger charge is -2.03. The highest BCUT2D eigenvalue weighted by Crippen LogP contribution is 2.39. The van der Waals surface area contributed by atoms with Crippen molar-refractivity contribution in [2.24, 2.45) is 7.05 Å². The topological polar surface area (TPSA) is 38.1 Å². The molecule has 1 heterocycles. The van der Waals surface area contributed by atoms with Gasteiger partial charge in [-0.1, -0.05) is 0 Å². The number of rotatable bonds is 3. The van der Waals surface area contributed by atoms with Crippen LogP contribution in [0.25, 0.3) is 0 Å². The molecule has 3 nitrogen and oxygen atoms in total. The Kier molecular flexibility index (Phi) is 1.91. The maximum absolute atomic E-state index is 9.63. The molecule has 0 saturated heterocycles. The minimum absolute atomic E-state index is 0.342. The van der Waals surface area contributed by atoms with Gasteiger partial charge in [0.25, 0.3) is 0 Å². The normalized spacial score (nSPS) is 19.0. The third-order valence-electron chi connectivity index (χ3n) is 2.84. The van der Waals surface area contributed by atoms with Gasteiger partial charge in [-0.2, -0.15) is 5.10 Å². The molecule has 0 bridgehead atoms. The Morgan fingerprint density at radius 1 is 1.62 bits per heavy atom.